The van der Waals surface area contributed by atoms with Crippen molar-refractivity contribution < 1.29 is 0 Å². The Morgan fingerprint density at radius 2 is 2.20 bits per heavy atom. The number of hydrogen-bond donors (Lipinski definition) is 1. The van der Waals surface area contributed by atoms with Crippen molar-refractivity contribution in [2.75, 3.05) is 0 Å². The van der Waals surface area contributed by atoms with Crippen LogP contribution in [-0.4, -0.2) is 6.04 Å². The molecule has 1 N–H and O–H groups in total. The minimum Gasteiger partial charge on any atom is -0.310 e. The second-order valence-electron chi connectivity index (χ2n) is 4.99. The number of aryl methyl sites for hydroxylation is 1. The highest BCUT2D eigenvalue weighted by Crippen LogP contribution is 2.24. The third-order valence-electron chi connectivity index (χ3n) is 3.37. The van der Waals surface area contributed by atoms with Crippen LogP contribution in [0.1, 0.15) is 37.3 Å². The van der Waals surface area contributed by atoms with Crippen LogP contribution in [0.15, 0.2) is 24.3 Å². The average Bonchev–Trinajstić information content (AvgIpc) is 2.62. The summed E-state index contributed by atoms with van der Waals surface area (Å²) in [5, 5.41) is 3.66. The molecule has 15 heavy (non-hydrogen) atoms. The SMILES string of the molecule is Cc1cccc(CN[C@@H]2CC[C@@H](C)C2)c1. The fourth-order valence-corrected chi connectivity index (χ4v) is 2.48. The third-order valence-corrected chi connectivity index (χ3v) is 3.37. The number of benzene rings is 1. The van der Waals surface area contributed by atoms with Crippen molar-refractivity contribution in [3.05, 3.63) is 35.4 Å². The van der Waals surface area contributed by atoms with Crippen LogP contribution in [0.2, 0.25) is 0 Å². The van der Waals surface area contributed by atoms with Crippen LogP contribution >= 0.6 is 0 Å². The fraction of sp³-hybridized carbons (Fsp3) is 0.571. The summed E-state index contributed by atoms with van der Waals surface area (Å²) >= 11 is 0. The van der Waals surface area contributed by atoms with Gasteiger partial charge >= 0.3 is 0 Å². The summed E-state index contributed by atoms with van der Waals surface area (Å²) in [7, 11) is 0. The first-order valence-corrected chi connectivity index (χ1v) is 6.03. The standard InChI is InChI=1S/C14H21N/c1-11-4-3-5-13(8-11)10-15-14-7-6-12(2)9-14/h3-5,8,12,14-15H,6-7,9-10H2,1-2H3/t12-,14-/m1/s1. The van der Waals surface area contributed by atoms with Crippen LogP contribution in [0.25, 0.3) is 0 Å². The van der Waals surface area contributed by atoms with Gasteiger partial charge in [0.15, 0.2) is 0 Å². The van der Waals surface area contributed by atoms with E-state index in [-0.39, 0.29) is 0 Å². The van der Waals surface area contributed by atoms with Crippen molar-refractivity contribution in [1.82, 2.24) is 5.32 Å². The first-order valence-electron chi connectivity index (χ1n) is 6.03. The summed E-state index contributed by atoms with van der Waals surface area (Å²) in [6.45, 7) is 5.54. The Bertz CT molecular complexity index is 319. The molecule has 0 unspecified atom stereocenters. The molecule has 0 spiro atoms. The van der Waals surface area contributed by atoms with Gasteiger partial charge in [0, 0.05) is 12.6 Å². The Hall–Kier alpha value is -0.820. The lowest BCUT2D eigenvalue weighted by Gasteiger charge is -2.12. The van der Waals surface area contributed by atoms with Crippen LogP contribution in [-0.2, 0) is 6.54 Å². The Morgan fingerprint density at radius 3 is 2.87 bits per heavy atom. The molecule has 0 radical (unpaired) electrons. The largest absolute Gasteiger partial charge is 0.310 e. The van der Waals surface area contributed by atoms with Crippen LogP contribution in [0.5, 0.6) is 0 Å². The van der Waals surface area contributed by atoms with E-state index in [9.17, 15) is 0 Å². The van der Waals surface area contributed by atoms with E-state index in [2.05, 4.69) is 43.4 Å². The molecule has 0 aliphatic heterocycles. The van der Waals surface area contributed by atoms with Gasteiger partial charge in [0.25, 0.3) is 0 Å². The smallest absolute Gasteiger partial charge is 0.0208 e. The van der Waals surface area contributed by atoms with Gasteiger partial charge in [0.1, 0.15) is 0 Å². The van der Waals surface area contributed by atoms with Crippen molar-refractivity contribution in [1.29, 1.82) is 0 Å². The molecule has 1 heteroatoms. The molecule has 0 bridgehead atoms. The minimum absolute atomic E-state index is 0.750. The van der Waals surface area contributed by atoms with E-state index < -0.39 is 0 Å². The van der Waals surface area contributed by atoms with Gasteiger partial charge in [-0.1, -0.05) is 36.8 Å². The van der Waals surface area contributed by atoms with Gasteiger partial charge in [-0.25, -0.2) is 0 Å². The van der Waals surface area contributed by atoms with Crippen molar-refractivity contribution in [3.8, 4) is 0 Å². The Kier molecular flexibility index (Phi) is 3.42. The van der Waals surface area contributed by atoms with E-state index in [1.165, 1.54) is 30.4 Å². The Labute approximate surface area is 92.9 Å². The molecule has 1 aliphatic rings. The average molecular weight is 203 g/mol. The van der Waals surface area contributed by atoms with Gasteiger partial charge in [0.05, 0.1) is 0 Å². The van der Waals surface area contributed by atoms with Gasteiger partial charge in [-0.15, -0.1) is 0 Å². The first kappa shape index (κ1) is 10.7. The fourth-order valence-electron chi connectivity index (χ4n) is 2.48. The van der Waals surface area contributed by atoms with Crippen molar-refractivity contribution in [2.45, 2.75) is 45.7 Å². The highest BCUT2D eigenvalue weighted by Gasteiger charge is 2.20. The van der Waals surface area contributed by atoms with E-state index in [0.29, 0.717) is 0 Å². The molecule has 0 saturated heterocycles. The van der Waals surface area contributed by atoms with Crippen LogP contribution in [0.3, 0.4) is 0 Å². The number of nitrogens with one attached hydrogen (secondary N) is 1. The van der Waals surface area contributed by atoms with Gasteiger partial charge in [-0.3, -0.25) is 0 Å². The molecule has 2 atom stereocenters. The molecule has 0 aromatic heterocycles. The van der Waals surface area contributed by atoms with Gasteiger partial charge in [0.2, 0.25) is 0 Å². The van der Waals surface area contributed by atoms with Crippen LogP contribution in [0, 0.1) is 12.8 Å². The monoisotopic (exact) mass is 203 g/mol. The molecular formula is C14H21N. The molecule has 0 amide bonds. The predicted octanol–water partition coefficient (Wildman–Crippen LogP) is 3.27. The first-order chi connectivity index (χ1) is 7.24. The minimum atomic E-state index is 0.750. The summed E-state index contributed by atoms with van der Waals surface area (Å²) in [6, 6.07) is 9.52. The zero-order chi connectivity index (χ0) is 10.7. The molecule has 1 fully saturated rings. The molecule has 1 aromatic carbocycles. The maximum absolute atomic E-state index is 3.66. The van der Waals surface area contributed by atoms with Crippen molar-refractivity contribution >= 4 is 0 Å². The van der Waals surface area contributed by atoms with Crippen LogP contribution < -0.4 is 5.32 Å². The van der Waals surface area contributed by atoms with Gasteiger partial charge in [-0.05, 0) is 37.7 Å². The molecule has 1 aromatic rings. The summed E-state index contributed by atoms with van der Waals surface area (Å²) in [5.74, 6) is 0.917. The second-order valence-corrected chi connectivity index (χ2v) is 4.99. The highest BCUT2D eigenvalue weighted by molar-refractivity contribution is 5.22. The second kappa shape index (κ2) is 4.80. The summed E-state index contributed by atoms with van der Waals surface area (Å²) in [4.78, 5) is 0. The lowest BCUT2D eigenvalue weighted by molar-refractivity contribution is 0.502. The number of hydrogen-bond acceptors (Lipinski definition) is 1. The Morgan fingerprint density at radius 1 is 1.33 bits per heavy atom. The summed E-state index contributed by atoms with van der Waals surface area (Å²) < 4.78 is 0. The summed E-state index contributed by atoms with van der Waals surface area (Å²) in [5.41, 5.74) is 2.77. The maximum Gasteiger partial charge on any atom is 0.0208 e. The third kappa shape index (κ3) is 3.07. The zero-order valence-corrected chi connectivity index (χ0v) is 9.79. The van der Waals surface area contributed by atoms with E-state index in [1.807, 2.05) is 0 Å². The summed E-state index contributed by atoms with van der Waals surface area (Å²) in [6.07, 6.45) is 4.10. The quantitative estimate of drug-likeness (QED) is 0.795. The van der Waals surface area contributed by atoms with Gasteiger partial charge < -0.3 is 5.32 Å². The molecule has 1 aliphatic carbocycles. The topological polar surface area (TPSA) is 12.0 Å². The van der Waals surface area contributed by atoms with Crippen molar-refractivity contribution in [2.24, 2.45) is 5.92 Å². The van der Waals surface area contributed by atoms with Crippen molar-refractivity contribution in [3.63, 3.8) is 0 Å². The van der Waals surface area contributed by atoms with Gasteiger partial charge in [-0.2, -0.15) is 0 Å². The van der Waals surface area contributed by atoms with E-state index >= 15 is 0 Å². The zero-order valence-electron chi connectivity index (χ0n) is 9.79. The van der Waals surface area contributed by atoms with E-state index in [0.717, 1.165) is 18.5 Å². The maximum atomic E-state index is 3.66. The predicted molar refractivity (Wildman–Crippen MR) is 64.8 cm³/mol. The van der Waals surface area contributed by atoms with E-state index in [4.69, 9.17) is 0 Å². The highest BCUT2D eigenvalue weighted by atomic mass is 14.9. The van der Waals surface area contributed by atoms with E-state index in [1.54, 1.807) is 0 Å². The molecular weight excluding hydrogens is 182 g/mol. The normalized spacial score (nSPS) is 25.7. The lowest BCUT2D eigenvalue weighted by atomic mass is 10.1. The lowest BCUT2D eigenvalue weighted by Crippen LogP contribution is -2.25. The Balaban J connectivity index is 1.83. The number of rotatable bonds is 3. The molecule has 1 saturated carbocycles. The molecule has 1 nitrogen and oxygen atoms in total. The van der Waals surface area contributed by atoms with Crippen LogP contribution in [0.4, 0.5) is 0 Å². The molecule has 0 heterocycles. The molecule has 82 valence electrons. The molecule has 2 rings (SSSR count).